The van der Waals surface area contributed by atoms with Gasteiger partial charge in [0.25, 0.3) is 0 Å². The molecule has 7 aliphatic rings. The summed E-state index contributed by atoms with van der Waals surface area (Å²) in [7, 11) is 0. The maximum atomic E-state index is 5.66. The van der Waals surface area contributed by atoms with Crippen LogP contribution in [0.2, 0.25) is 0 Å². The summed E-state index contributed by atoms with van der Waals surface area (Å²) < 4.78 is 0. The Balaban J connectivity index is 0.945. The molecule has 0 fully saturated rings. The Hall–Kier alpha value is -6.69. The fraction of sp³-hybridized carbons (Fsp3) is 0.172. The number of nitrogens with zero attached hydrogens (tertiary/aromatic N) is 3. The number of nitrogens with one attached hydrogen (secondary N) is 1. The van der Waals surface area contributed by atoms with Crippen LogP contribution in [0, 0.1) is 5.92 Å². The lowest BCUT2D eigenvalue weighted by atomic mass is 9.80. The van der Waals surface area contributed by atoms with E-state index in [9.17, 15) is 0 Å². The van der Waals surface area contributed by atoms with E-state index >= 15 is 0 Å². The van der Waals surface area contributed by atoms with Crippen LogP contribution in [0.1, 0.15) is 77.8 Å². The first-order valence-corrected chi connectivity index (χ1v) is 23.3. The standard InChI is InChI=1S/C58H48N4S/c1-37-17-13-29-47-53-46-28-16-22-40(38-18-5-3-6-19-38)35-51(46)59-54(56(53)63-55(37)47)42-24-14-25-43(33-42)57-60-49(39-20-7-4-8-21-39)36-50(61-57)41-23-15-26-44(34-41)62-52-31-10-9-27-45(52)48-30-11-12-32-58(48,62)2/h4-5,7-34,36-37,48,55,57,61H,3,6,35H2,1-2H3. The molecule has 0 radical (unpaired) electrons. The molecule has 4 heterocycles. The fourth-order valence-electron chi connectivity index (χ4n) is 10.7. The largest absolute Gasteiger partial charge is 0.360 e. The number of anilines is 2. The van der Waals surface area contributed by atoms with Gasteiger partial charge in [-0.05, 0) is 95.0 Å². The van der Waals surface area contributed by atoms with E-state index in [1.54, 1.807) is 0 Å². The molecule has 5 atom stereocenters. The zero-order valence-electron chi connectivity index (χ0n) is 35.6. The van der Waals surface area contributed by atoms with Crippen LogP contribution in [0.25, 0.3) is 28.6 Å². The number of aliphatic imine (C=N–C) groups is 1. The van der Waals surface area contributed by atoms with Gasteiger partial charge >= 0.3 is 0 Å². The van der Waals surface area contributed by atoms with Crippen molar-refractivity contribution in [2.45, 2.75) is 60.9 Å². The van der Waals surface area contributed by atoms with E-state index in [2.05, 4.69) is 212 Å². The summed E-state index contributed by atoms with van der Waals surface area (Å²) in [5.41, 5.74) is 18.9. The summed E-state index contributed by atoms with van der Waals surface area (Å²) in [6.07, 6.45) is 34.8. The summed E-state index contributed by atoms with van der Waals surface area (Å²) in [4.78, 5) is 14.9. The average Bonchev–Trinajstić information content (AvgIpc) is 3.76. The van der Waals surface area contributed by atoms with Crippen molar-refractivity contribution in [2.75, 3.05) is 4.90 Å². The average molecular weight is 833 g/mol. The third kappa shape index (κ3) is 6.43. The minimum atomic E-state index is -0.317. The monoisotopic (exact) mass is 832 g/mol. The van der Waals surface area contributed by atoms with Crippen molar-refractivity contribution in [1.82, 2.24) is 10.3 Å². The first-order chi connectivity index (χ1) is 31.0. The van der Waals surface area contributed by atoms with E-state index in [0.29, 0.717) is 11.2 Å². The minimum Gasteiger partial charge on any atom is -0.360 e. The van der Waals surface area contributed by atoms with Gasteiger partial charge in [-0.2, -0.15) is 0 Å². The zero-order valence-corrected chi connectivity index (χ0v) is 36.4. The molecule has 63 heavy (non-hydrogen) atoms. The molecular weight excluding hydrogens is 785 g/mol. The summed E-state index contributed by atoms with van der Waals surface area (Å²) in [5, 5.41) is 4.29. The number of para-hydroxylation sites is 1. The van der Waals surface area contributed by atoms with Crippen molar-refractivity contribution >= 4 is 46.2 Å². The van der Waals surface area contributed by atoms with Gasteiger partial charge in [0.05, 0.1) is 22.6 Å². The van der Waals surface area contributed by atoms with Crippen LogP contribution in [0.5, 0.6) is 0 Å². The molecule has 306 valence electrons. The topological polar surface area (TPSA) is 40.5 Å². The number of fused-ring (bicyclic) bond motifs is 8. The molecule has 5 aromatic rings. The quantitative estimate of drug-likeness (QED) is 0.185. The van der Waals surface area contributed by atoms with Crippen molar-refractivity contribution in [3.63, 3.8) is 0 Å². The molecule has 5 unspecified atom stereocenters. The second-order valence-electron chi connectivity index (χ2n) is 17.8. The van der Waals surface area contributed by atoms with Crippen molar-refractivity contribution < 1.29 is 0 Å². The zero-order chi connectivity index (χ0) is 42.1. The van der Waals surface area contributed by atoms with Gasteiger partial charge in [-0.25, -0.2) is 0 Å². The van der Waals surface area contributed by atoms with Crippen molar-refractivity contribution in [1.29, 1.82) is 0 Å². The van der Waals surface area contributed by atoms with Crippen molar-refractivity contribution in [3.8, 4) is 11.3 Å². The van der Waals surface area contributed by atoms with E-state index in [-0.39, 0.29) is 17.6 Å². The summed E-state index contributed by atoms with van der Waals surface area (Å²) in [6, 6.07) is 37.5. The second kappa shape index (κ2) is 15.3. The molecule has 4 aromatic carbocycles. The van der Waals surface area contributed by atoms with Crippen LogP contribution in [0.15, 0.2) is 203 Å². The number of aromatic nitrogens is 1. The Morgan fingerprint density at radius 1 is 0.794 bits per heavy atom. The molecule has 0 spiro atoms. The first-order valence-electron chi connectivity index (χ1n) is 22.4. The van der Waals surface area contributed by atoms with Gasteiger partial charge in [-0.3, -0.25) is 9.98 Å². The first kappa shape index (κ1) is 38.0. The Morgan fingerprint density at radius 3 is 2.56 bits per heavy atom. The molecule has 4 aliphatic carbocycles. The molecule has 4 nitrogen and oxygen atoms in total. The van der Waals surface area contributed by atoms with Gasteiger partial charge in [-0.1, -0.05) is 165 Å². The molecule has 5 heteroatoms. The Morgan fingerprint density at radius 2 is 1.65 bits per heavy atom. The minimum absolute atomic E-state index is 0.214. The van der Waals surface area contributed by atoms with Crippen molar-refractivity contribution in [3.05, 3.63) is 232 Å². The lowest BCUT2D eigenvalue weighted by Gasteiger charge is -2.39. The number of pyridine rings is 1. The molecule has 1 N–H and O–H groups in total. The molecule has 0 amide bonds. The van der Waals surface area contributed by atoms with Crippen LogP contribution >= 0.6 is 11.8 Å². The van der Waals surface area contributed by atoms with Crippen LogP contribution in [0.3, 0.4) is 0 Å². The number of rotatable bonds is 6. The summed E-state index contributed by atoms with van der Waals surface area (Å²) >= 11 is 1.99. The van der Waals surface area contributed by atoms with E-state index in [1.807, 2.05) is 11.8 Å². The third-order valence-corrected chi connectivity index (χ3v) is 15.4. The van der Waals surface area contributed by atoms with Gasteiger partial charge in [0.1, 0.15) is 6.17 Å². The predicted molar refractivity (Wildman–Crippen MR) is 264 cm³/mol. The van der Waals surface area contributed by atoms with E-state index in [1.165, 1.54) is 49.7 Å². The molecule has 0 bridgehead atoms. The van der Waals surface area contributed by atoms with Gasteiger partial charge in [0.15, 0.2) is 0 Å². The highest BCUT2D eigenvalue weighted by Crippen LogP contribution is 2.56. The number of thioether (sulfide) groups is 1. The molecule has 3 aliphatic heterocycles. The number of hydrogen-bond acceptors (Lipinski definition) is 5. The Kier molecular flexibility index (Phi) is 9.23. The normalized spacial score (nSPS) is 24.7. The molecule has 1 aromatic heterocycles. The molecule has 0 saturated carbocycles. The third-order valence-electron chi connectivity index (χ3n) is 13.8. The fourth-order valence-corrected chi connectivity index (χ4v) is 12.2. The lowest BCUT2D eigenvalue weighted by Crippen LogP contribution is -2.42. The van der Waals surface area contributed by atoms with Crippen molar-refractivity contribution in [2.24, 2.45) is 10.9 Å². The summed E-state index contributed by atoms with van der Waals surface area (Å²) in [6.45, 7) is 4.71. The highest BCUT2D eigenvalue weighted by atomic mass is 32.2. The number of allylic oxidation sites excluding steroid dienone is 13. The van der Waals surface area contributed by atoms with Gasteiger partial charge in [0, 0.05) is 56.2 Å². The molecular formula is C58H48N4S. The highest BCUT2D eigenvalue weighted by molar-refractivity contribution is 8.01. The van der Waals surface area contributed by atoms with Crippen LogP contribution in [-0.4, -0.2) is 21.5 Å². The number of benzene rings is 4. The van der Waals surface area contributed by atoms with E-state index in [4.69, 9.17) is 9.98 Å². The SMILES string of the molecule is CC1C=CC=C2c3c4c(nc(-c5cccc(C6N=C(c7ccccc7)C=C(c7cccc(N8c9ccccc9C9C=CC=CC98C)c7)N6)c5)c3SC21)CC(C1=CCCC=C1)=CC=C4. The predicted octanol–water partition coefficient (Wildman–Crippen LogP) is 13.8. The lowest BCUT2D eigenvalue weighted by molar-refractivity contribution is 0.542. The van der Waals surface area contributed by atoms with Crippen LogP contribution in [-0.2, 0) is 6.42 Å². The summed E-state index contributed by atoms with van der Waals surface area (Å²) in [5.74, 6) is 0.707. The number of hydrogen-bond donors (Lipinski definition) is 1. The smallest absolute Gasteiger partial charge is 0.145 e. The van der Waals surface area contributed by atoms with Gasteiger partial charge < -0.3 is 10.2 Å². The maximum Gasteiger partial charge on any atom is 0.145 e. The Labute approximate surface area is 375 Å². The maximum absolute atomic E-state index is 5.66. The van der Waals surface area contributed by atoms with Gasteiger partial charge in [-0.15, -0.1) is 11.8 Å². The highest BCUT2D eigenvalue weighted by Gasteiger charge is 2.47. The van der Waals surface area contributed by atoms with E-state index < -0.39 is 0 Å². The van der Waals surface area contributed by atoms with E-state index in [0.717, 1.165) is 64.3 Å². The van der Waals surface area contributed by atoms with Crippen LogP contribution < -0.4 is 10.2 Å². The molecule has 0 saturated heterocycles. The Bertz CT molecular complexity index is 3040. The van der Waals surface area contributed by atoms with Crippen LogP contribution in [0.4, 0.5) is 11.4 Å². The van der Waals surface area contributed by atoms with Gasteiger partial charge in [0.2, 0.25) is 0 Å². The molecule has 12 rings (SSSR count). The second-order valence-corrected chi connectivity index (χ2v) is 19.0.